The lowest BCUT2D eigenvalue weighted by Crippen LogP contribution is -2.47. The van der Waals surface area contributed by atoms with Crippen molar-refractivity contribution in [2.75, 3.05) is 22.5 Å². The minimum Gasteiger partial charge on any atom is -0.494 e. The molecular weight excluding hydrogens is 423 g/mol. The van der Waals surface area contributed by atoms with Crippen molar-refractivity contribution in [2.24, 2.45) is 0 Å². The number of hydrogen-bond acceptors (Lipinski definition) is 4. The van der Waals surface area contributed by atoms with Crippen LogP contribution < -0.4 is 14.4 Å². The lowest BCUT2D eigenvalue weighted by atomic mass is 10.1. The summed E-state index contributed by atoms with van der Waals surface area (Å²) >= 11 is 11.9. The lowest BCUT2D eigenvalue weighted by molar-refractivity contribution is -0.117. The highest BCUT2D eigenvalue weighted by atomic mass is 35.5. The summed E-state index contributed by atoms with van der Waals surface area (Å²) in [5.74, 6) is 0.130. The van der Waals surface area contributed by atoms with E-state index in [0.29, 0.717) is 33.8 Å². The Morgan fingerprint density at radius 2 is 1.68 bits per heavy atom. The molecule has 0 spiro atoms. The topological polar surface area (TPSA) is 75.7 Å². The summed E-state index contributed by atoms with van der Waals surface area (Å²) < 4.78 is 31.5. The summed E-state index contributed by atoms with van der Waals surface area (Å²) in [4.78, 5) is 12.9. The normalized spacial score (nSPS) is 12.3. The summed E-state index contributed by atoms with van der Waals surface area (Å²) in [6, 6.07) is 10.2. The minimum atomic E-state index is -3.73. The maximum absolute atomic E-state index is 12.9. The molecule has 6 nitrogen and oxygen atoms in total. The third kappa shape index (κ3) is 5.77. The quantitative estimate of drug-likeness (QED) is 0.646. The molecule has 152 valence electrons. The van der Waals surface area contributed by atoms with Crippen LogP contribution in [0.3, 0.4) is 0 Å². The Bertz CT molecular complexity index is 913. The van der Waals surface area contributed by atoms with E-state index in [1.807, 2.05) is 6.92 Å². The molecule has 0 aromatic heterocycles. The molecule has 9 heteroatoms. The van der Waals surface area contributed by atoms with Gasteiger partial charge in [-0.15, -0.1) is 0 Å². The standard InChI is InChI=1S/C19H22Cl2N2O4S/c1-4-18(19(24)22-15-11-13(20)10-14(21)12-15)23(28(3,25)26)16-6-8-17(9-7-16)27-5-2/h6-12,18H,4-5H2,1-3H3,(H,22,24)/t18-/m1/s1. The zero-order valence-electron chi connectivity index (χ0n) is 15.8. The van der Waals surface area contributed by atoms with Gasteiger partial charge < -0.3 is 10.1 Å². The van der Waals surface area contributed by atoms with Gasteiger partial charge in [0.25, 0.3) is 0 Å². The number of hydrogen-bond donors (Lipinski definition) is 1. The number of amides is 1. The number of halogens is 2. The van der Waals surface area contributed by atoms with Crippen LogP contribution in [0.1, 0.15) is 20.3 Å². The van der Waals surface area contributed by atoms with Crippen molar-refractivity contribution in [3.05, 3.63) is 52.5 Å². The number of carbonyl (C=O) groups is 1. The first-order valence-corrected chi connectivity index (χ1v) is 11.2. The number of rotatable bonds is 8. The zero-order chi connectivity index (χ0) is 20.9. The fraction of sp³-hybridized carbons (Fsp3) is 0.316. The van der Waals surface area contributed by atoms with E-state index >= 15 is 0 Å². The predicted molar refractivity (Wildman–Crippen MR) is 114 cm³/mol. The molecule has 28 heavy (non-hydrogen) atoms. The number of benzene rings is 2. The SMILES string of the molecule is CCOc1ccc(N([C@H](CC)C(=O)Nc2cc(Cl)cc(Cl)c2)S(C)(=O)=O)cc1. The fourth-order valence-corrected chi connectivity index (χ4v) is 4.51. The summed E-state index contributed by atoms with van der Waals surface area (Å²) in [5, 5.41) is 3.42. The third-order valence-corrected chi connectivity index (χ3v) is 5.48. The van der Waals surface area contributed by atoms with Crippen LogP contribution in [0.2, 0.25) is 10.0 Å². The Labute approximate surface area is 175 Å². The van der Waals surface area contributed by atoms with Gasteiger partial charge in [-0.05, 0) is 55.8 Å². The fourth-order valence-electron chi connectivity index (χ4n) is 2.77. The van der Waals surface area contributed by atoms with Gasteiger partial charge in [0.2, 0.25) is 15.9 Å². The van der Waals surface area contributed by atoms with E-state index in [9.17, 15) is 13.2 Å². The summed E-state index contributed by atoms with van der Waals surface area (Å²) in [6.45, 7) is 4.09. The van der Waals surface area contributed by atoms with Gasteiger partial charge in [-0.25, -0.2) is 8.42 Å². The van der Waals surface area contributed by atoms with E-state index < -0.39 is 22.0 Å². The molecule has 1 atom stereocenters. The van der Waals surface area contributed by atoms with Gasteiger partial charge in [-0.3, -0.25) is 9.10 Å². The van der Waals surface area contributed by atoms with Crippen LogP contribution >= 0.6 is 23.2 Å². The van der Waals surface area contributed by atoms with Crippen molar-refractivity contribution in [1.29, 1.82) is 0 Å². The van der Waals surface area contributed by atoms with E-state index in [1.54, 1.807) is 49.4 Å². The smallest absolute Gasteiger partial charge is 0.248 e. The van der Waals surface area contributed by atoms with Crippen LogP contribution in [-0.2, 0) is 14.8 Å². The van der Waals surface area contributed by atoms with Gasteiger partial charge in [-0.2, -0.15) is 0 Å². The van der Waals surface area contributed by atoms with E-state index in [0.717, 1.165) is 10.6 Å². The average Bonchev–Trinajstić information content (AvgIpc) is 2.58. The van der Waals surface area contributed by atoms with Crippen LogP contribution in [0, 0.1) is 0 Å². The highest BCUT2D eigenvalue weighted by Gasteiger charge is 2.31. The van der Waals surface area contributed by atoms with Crippen molar-refractivity contribution in [1.82, 2.24) is 0 Å². The monoisotopic (exact) mass is 444 g/mol. The van der Waals surface area contributed by atoms with Gasteiger partial charge in [0, 0.05) is 15.7 Å². The molecule has 0 aliphatic heterocycles. The number of nitrogens with zero attached hydrogens (tertiary/aromatic N) is 1. The largest absolute Gasteiger partial charge is 0.494 e. The van der Waals surface area contributed by atoms with Crippen LogP contribution in [0.5, 0.6) is 5.75 Å². The van der Waals surface area contributed by atoms with Crippen molar-refractivity contribution < 1.29 is 17.9 Å². The highest BCUT2D eigenvalue weighted by molar-refractivity contribution is 7.92. The molecule has 0 saturated heterocycles. The van der Waals surface area contributed by atoms with Gasteiger partial charge in [0.05, 0.1) is 18.6 Å². The van der Waals surface area contributed by atoms with Crippen LogP contribution in [-0.4, -0.2) is 33.2 Å². The molecule has 1 N–H and O–H groups in total. The first-order valence-electron chi connectivity index (χ1n) is 8.65. The summed E-state index contributed by atoms with van der Waals surface area (Å²) in [6.07, 6.45) is 1.33. The summed E-state index contributed by atoms with van der Waals surface area (Å²) in [7, 11) is -3.73. The average molecular weight is 445 g/mol. The van der Waals surface area contributed by atoms with E-state index in [1.165, 1.54) is 0 Å². The van der Waals surface area contributed by atoms with Crippen LogP contribution in [0.15, 0.2) is 42.5 Å². The molecule has 2 rings (SSSR count). The molecule has 1 amide bonds. The number of sulfonamides is 1. The number of ether oxygens (including phenoxy) is 1. The van der Waals surface area contributed by atoms with Crippen molar-refractivity contribution in [2.45, 2.75) is 26.3 Å². The van der Waals surface area contributed by atoms with E-state index in [4.69, 9.17) is 27.9 Å². The Balaban J connectivity index is 2.35. The lowest BCUT2D eigenvalue weighted by Gasteiger charge is -2.30. The Morgan fingerprint density at radius 3 is 2.14 bits per heavy atom. The second kappa shape index (κ2) is 9.49. The predicted octanol–water partition coefficient (Wildman–Crippen LogP) is 4.58. The Morgan fingerprint density at radius 1 is 1.11 bits per heavy atom. The molecule has 2 aromatic rings. The first kappa shape index (κ1) is 22.3. The number of nitrogens with one attached hydrogen (secondary N) is 1. The first-order chi connectivity index (χ1) is 13.2. The van der Waals surface area contributed by atoms with Gasteiger partial charge in [0.1, 0.15) is 11.8 Å². The van der Waals surface area contributed by atoms with Crippen LogP contribution in [0.25, 0.3) is 0 Å². The third-order valence-electron chi connectivity index (χ3n) is 3.86. The maximum Gasteiger partial charge on any atom is 0.248 e. The molecule has 0 radical (unpaired) electrons. The molecule has 0 saturated carbocycles. The van der Waals surface area contributed by atoms with Crippen LogP contribution in [0.4, 0.5) is 11.4 Å². The van der Waals surface area contributed by atoms with E-state index in [2.05, 4.69) is 5.32 Å². The van der Waals surface area contributed by atoms with Gasteiger partial charge >= 0.3 is 0 Å². The van der Waals surface area contributed by atoms with Gasteiger partial charge in [0.15, 0.2) is 0 Å². The molecule has 0 aliphatic rings. The Kier molecular flexibility index (Phi) is 7.57. The zero-order valence-corrected chi connectivity index (χ0v) is 18.1. The molecule has 0 heterocycles. The molecule has 0 aliphatic carbocycles. The van der Waals surface area contributed by atoms with Crippen molar-refractivity contribution in [3.63, 3.8) is 0 Å². The number of carbonyl (C=O) groups excluding carboxylic acids is 1. The molecule has 0 bridgehead atoms. The second-order valence-electron chi connectivity index (χ2n) is 6.06. The second-order valence-corrected chi connectivity index (χ2v) is 8.79. The van der Waals surface area contributed by atoms with Gasteiger partial charge in [-0.1, -0.05) is 30.1 Å². The van der Waals surface area contributed by atoms with Crippen molar-refractivity contribution >= 4 is 50.5 Å². The highest BCUT2D eigenvalue weighted by Crippen LogP contribution is 2.27. The maximum atomic E-state index is 12.9. The molecular formula is C19H22Cl2N2O4S. The van der Waals surface area contributed by atoms with E-state index in [-0.39, 0.29) is 6.42 Å². The number of anilines is 2. The minimum absolute atomic E-state index is 0.264. The molecule has 0 fully saturated rings. The summed E-state index contributed by atoms with van der Waals surface area (Å²) in [5.41, 5.74) is 0.762. The Hall–Kier alpha value is -1.96. The molecule has 2 aromatic carbocycles. The molecule has 0 unspecified atom stereocenters. The van der Waals surface area contributed by atoms with Crippen molar-refractivity contribution in [3.8, 4) is 5.75 Å².